The van der Waals surface area contributed by atoms with Gasteiger partial charge < -0.3 is 9.47 Å². The maximum absolute atomic E-state index is 5.63. The number of hydrogen-bond acceptors (Lipinski definition) is 8. The molecule has 102 valence electrons. The van der Waals surface area contributed by atoms with Crippen LogP contribution >= 0.6 is 11.3 Å². The largest absolute Gasteiger partial charge is 0.480 e. The van der Waals surface area contributed by atoms with Gasteiger partial charge in [-0.05, 0) is 6.92 Å². The second kappa shape index (κ2) is 5.91. The van der Waals surface area contributed by atoms with Crippen LogP contribution in [-0.2, 0) is 0 Å². The van der Waals surface area contributed by atoms with Crippen LogP contribution in [0.3, 0.4) is 0 Å². The number of nitrogens with zero attached hydrogens (tertiary/aromatic N) is 3. The number of hydrogen-bond donors (Lipinski definition) is 2. The number of aryl methyl sites for hydroxylation is 1. The van der Waals surface area contributed by atoms with E-state index < -0.39 is 0 Å². The van der Waals surface area contributed by atoms with Crippen molar-refractivity contribution in [2.24, 2.45) is 5.84 Å². The first kappa shape index (κ1) is 13.7. The number of rotatable bonds is 5. The van der Waals surface area contributed by atoms with Gasteiger partial charge >= 0.3 is 0 Å². The van der Waals surface area contributed by atoms with Crippen LogP contribution in [-0.4, -0.2) is 29.2 Å². The van der Waals surface area contributed by atoms with Crippen LogP contribution in [0.1, 0.15) is 22.3 Å². The van der Waals surface area contributed by atoms with Crippen molar-refractivity contribution >= 4 is 11.3 Å². The Balaban J connectivity index is 2.46. The Hall–Kier alpha value is -1.77. The lowest BCUT2D eigenvalue weighted by Gasteiger charge is -2.16. The van der Waals surface area contributed by atoms with Crippen molar-refractivity contribution in [2.45, 2.75) is 13.0 Å². The third-order valence-electron chi connectivity index (χ3n) is 2.63. The average molecular weight is 281 g/mol. The zero-order valence-corrected chi connectivity index (χ0v) is 11.7. The van der Waals surface area contributed by atoms with Crippen LogP contribution in [0.25, 0.3) is 0 Å². The zero-order valence-electron chi connectivity index (χ0n) is 10.9. The topological polar surface area (TPSA) is 95.2 Å². The zero-order chi connectivity index (χ0) is 13.8. The summed E-state index contributed by atoms with van der Waals surface area (Å²) < 4.78 is 10.3. The van der Waals surface area contributed by atoms with Crippen molar-refractivity contribution in [3.63, 3.8) is 0 Å². The van der Waals surface area contributed by atoms with E-state index in [1.54, 1.807) is 5.51 Å². The number of hydrazine groups is 1. The molecule has 0 radical (unpaired) electrons. The molecule has 0 bridgehead atoms. The highest BCUT2D eigenvalue weighted by atomic mass is 32.1. The molecule has 8 heteroatoms. The summed E-state index contributed by atoms with van der Waals surface area (Å²) >= 11 is 1.50. The van der Waals surface area contributed by atoms with Gasteiger partial charge in [0.25, 0.3) is 0 Å². The summed E-state index contributed by atoms with van der Waals surface area (Å²) in [4.78, 5) is 13.7. The van der Waals surface area contributed by atoms with Gasteiger partial charge in [0.15, 0.2) is 0 Å². The van der Waals surface area contributed by atoms with E-state index in [1.807, 2.05) is 6.92 Å². The Morgan fingerprint density at radius 2 is 2.11 bits per heavy atom. The van der Waals surface area contributed by atoms with Gasteiger partial charge in [-0.2, -0.15) is 4.98 Å². The summed E-state index contributed by atoms with van der Waals surface area (Å²) in [6.07, 6.45) is 1.53. The second-order valence-corrected chi connectivity index (χ2v) is 4.59. The molecule has 19 heavy (non-hydrogen) atoms. The van der Waals surface area contributed by atoms with Crippen molar-refractivity contribution in [3.05, 3.63) is 28.0 Å². The number of methoxy groups -OCH3 is 2. The number of aromatic nitrogens is 3. The lowest BCUT2D eigenvalue weighted by Crippen LogP contribution is -2.30. The van der Waals surface area contributed by atoms with Gasteiger partial charge in [0.2, 0.25) is 11.8 Å². The molecule has 0 aromatic carbocycles. The Kier molecular flexibility index (Phi) is 4.25. The van der Waals surface area contributed by atoms with E-state index in [0.717, 1.165) is 10.6 Å². The van der Waals surface area contributed by atoms with Gasteiger partial charge in [-0.1, -0.05) is 0 Å². The van der Waals surface area contributed by atoms with E-state index in [1.165, 1.54) is 31.8 Å². The maximum atomic E-state index is 5.63. The van der Waals surface area contributed by atoms with Gasteiger partial charge in [0, 0.05) is 0 Å². The highest BCUT2D eigenvalue weighted by Gasteiger charge is 2.23. The molecule has 0 spiro atoms. The summed E-state index contributed by atoms with van der Waals surface area (Å²) in [5.41, 5.74) is 5.97. The fraction of sp³-hybridized carbons (Fsp3) is 0.364. The van der Waals surface area contributed by atoms with Crippen LogP contribution in [0.5, 0.6) is 11.8 Å². The highest BCUT2D eigenvalue weighted by Crippen LogP contribution is 2.31. The van der Waals surface area contributed by atoms with Gasteiger partial charge in [0.1, 0.15) is 11.7 Å². The van der Waals surface area contributed by atoms with Crippen molar-refractivity contribution in [2.75, 3.05) is 14.2 Å². The third kappa shape index (κ3) is 2.65. The van der Waals surface area contributed by atoms with Crippen molar-refractivity contribution < 1.29 is 9.47 Å². The van der Waals surface area contributed by atoms with Gasteiger partial charge in [0.05, 0.1) is 36.5 Å². The van der Waals surface area contributed by atoms with E-state index in [0.29, 0.717) is 17.5 Å². The lowest BCUT2D eigenvalue weighted by atomic mass is 10.1. The number of ether oxygens (including phenoxy) is 2. The third-order valence-corrected chi connectivity index (χ3v) is 3.63. The second-order valence-electron chi connectivity index (χ2n) is 3.71. The summed E-state index contributed by atoms with van der Waals surface area (Å²) in [5, 5.41) is 0. The minimum absolute atomic E-state index is 0.319. The molecule has 3 N–H and O–H groups in total. The predicted molar refractivity (Wildman–Crippen MR) is 71.2 cm³/mol. The molecule has 2 aromatic heterocycles. The first-order chi connectivity index (χ1) is 9.21. The molecule has 2 aromatic rings. The molecule has 0 aliphatic rings. The highest BCUT2D eigenvalue weighted by molar-refractivity contribution is 7.09. The van der Waals surface area contributed by atoms with Crippen molar-refractivity contribution in [3.8, 4) is 11.8 Å². The van der Waals surface area contributed by atoms with E-state index in [2.05, 4.69) is 20.4 Å². The Bertz CT molecular complexity index is 560. The first-order valence-corrected chi connectivity index (χ1v) is 6.40. The fourth-order valence-electron chi connectivity index (χ4n) is 1.68. The summed E-state index contributed by atoms with van der Waals surface area (Å²) in [7, 11) is 3.05. The van der Waals surface area contributed by atoms with Crippen LogP contribution in [0.4, 0.5) is 0 Å². The predicted octanol–water partition coefficient (Wildman–Crippen LogP) is 0.811. The van der Waals surface area contributed by atoms with Crippen LogP contribution < -0.4 is 20.7 Å². The average Bonchev–Trinajstić information content (AvgIpc) is 2.86. The van der Waals surface area contributed by atoms with Gasteiger partial charge in [-0.15, -0.1) is 11.3 Å². The van der Waals surface area contributed by atoms with E-state index >= 15 is 0 Å². The summed E-state index contributed by atoms with van der Waals surface area (Å²) in [6, 6.07) is -0.319. The number of thiazole rings is 1. The van der Waals surface area contributed by atoms with Crippen LogP contribution in [0.2, 0.25) is 0 Å². The normalized spacial score (nSPS) is 12.2. The molecule has 2 rings (SSSR count). The molecule has 0 aliphatic heterocycles. The lowest BCUT2D eigenvalue weighted by molar-refractivity contribution is 0.353. The van der Waals surface area contributed by atoms with E-state index in [9.17, 15) is 0 Å². The molecule has 0 fully saturated rings. The molecule has 0 saturated carbocycles. The van der Waals surface area contributed by atoms with E-state index in [-0.39, 0.29) is 6.04 Å². The van der Waals surface area contributed by atoms with Crippen LogP contribution in [0.15, 0.2) is 11.7 Å². The Morgan fingerprint density at radius 3 is 2.63 bits per heavy atom. The summed E-state index contributed by atoms with van der Waals surface area (Å²) in [5.74, 6) is 6.39. The van der Waals surface area contributed by atoms with Crippen molar-refractivity contribution in [1.82, 2.24) is 20.4 Å². The van der Waals surface area contributed by atoms with E-state index in [4.69, 9.17) is 15.3 Å². The molecule has 1 unspecified atom stereocenters. The quantitative estimate of drug-likeness (QED) is 0.618. The molecule has 0 saturated heterocycles. The smallest absolute Gasteiger partial charge is 0.240 e. The SMILES string of the molecule is COc1cnc(C(NN)c2scnc2C)c(OC)n1. The minimum atomic E-state index is -0.319. The van der Waals surface area contributed by atoms with Crippen molar-refractivity contribution in [1.29, 1.82) is 0 Å². The Morgan fingerprint density at radius 1 is 1.32 bits per heavy atom. The molecule has 1 atom stereocenters. The maximum Gasteiger partial charge on any atom is 0.240 e. The Labute approximate surface area is 114 Å². The van der Waals surface area contributed by atoms with Crippen LogP contribution in [0, 0.1) is 6.92 Å². The van der Waals surface area contributed by atoms with Gasteiger partial charge in [-0.3, -0.25) is 5.84 Å². The molecule has 2 heterocycles. The number of nitrogens with two attached hydrogens (primary N) is 1. The standard InChI is InChI=1S/C11H15N5O2S/c1-6-10(19-5-14-6)8(16-12)9-11(18-3)15-7(17-2)4-13-9/h4-5,8,16H,12H2,1-3H3. The molecule has 0 amide bonds. The first-order valence-electron chi connectivity index (χ1n) is 5.52. The molecule has 0 aliphatic carbocycles. The van der Waals surface area contributed by atoms with Gasteiger partial charge in [-0.25, -0.2) is 15.4 Å². The monoisotopic (exact) mass is 281 g/mol. The summed E-state index contributed by atoms with van der Waals surface area (Å²) in [6.45, 7) is 1.92. The molecule has 7 nitrogen and oxygen atoms in total. The molecular weight excluding hydrogens is 266 g/mol. The number of nitrogens with one attached hydrogen (secondary N) is 1. The molecular formula is C11H15N5O2S. The minimum Gasteiger partial charge on any atom is -0.480 e. The fourth-order valence-corrected chi connectivity index (χ4v) is 2.54.